The fraction of sp³-hybridized carbons (Fsp3) is 0.400. The summed E-state index contributed by atoms with van der Waals surface area (Å²) in [6.07, 6.45) is 4.50. The molecule has 1 aliphatic rings. The summed E-state index contributed by atoms with van der Waals surface area (Å²) in [7, 11) is 1.80. The molecule has 1 saturated heterocycles. The Kier molecular flexibility index (Phi) is 4.16. The van der Waals surface area contributed by atoms with Gasteiger partial charge in [-0.05, 0) is 12.5 Å². The molecule has 1 amide bonds. The molecular weight excluding hydrogens is 300 g/mol. The van der Waals surface area contributed by atoms with Gasteiger partial charge in [0, 0.05) is 19.3 Å². The van der Waals surface area contributed by atoms with Gasteiger partial charge in [0.15, 0.2) is 5.75 Å². The zero-order valence-corrected chi connectivity index (χ0v) is 12.9. The average Bonchev–Trinajstić information content (AvgIpc) is 3.09. The molecule has 2 aromatic heterocycles. The van der Waals surface area contributed by atoms with E-state index in [1.807, 2.05) is 0 Å². The summed E-state index contributed by atoms with van der Waals surface area (Å²) in [4.78, 5) is 26.1. The fourth-order valence-corrected chi connectivity index (χ4v) is 2.48. The van der Waals surface area contributed by atoms with Crippen molar-refractivity contribution in [3.05, 3.63) is 46.1 Å². The van der Waals surface area contributed by atoms with Gasteiger partial charge in [-0.2, -0.15) is 5.10 Å². The maximum Gasteiger partial charge on any atom is 0.253 e. The van der Waals surface area contributed by atoms with E-state index in [4.69, 9.17) is 9.47 Å². The summed E-state index contributed by atoms with van der Waals surface area (Å²) in [6.45, 7) is 2.49. The summed E-state index contributed by atoms with van der Waals surface area (Å²) in [5.74, 6) is 0.358. The van der Waals surface area contributed by atoms with E-state index in [-0.39, 0.29) is 23.6 Å². The second-order valence-corrected chi connectivity index (χ2v) is 5.52. The predicted molar refractivity (Wildman–Crippen MR) is 81.5 cm³/mol. The number of ether oxygens (including phenoxy) is 2. The van der Waals surface area contributed by atoms with Crippen molar-refractivity contribution in [2.75, 3.05) is 13.2 Å². The molecule has 3 heterocycles. The van der Waals surface area contributed by atoms with Crippen LogP contribution in [0.3, 0.4) is 0 Å². The molecule has 0 spiro atoms. The van der Waals surface area contributed by atoms with E-state index in [1.165, 1.54) is 12.3 Å². The summed E-state index contributed by atoms with van der Waals surface area (Å²) >= 11 is 0. The Morgan fingerprint density at radius 2 is 2.35 bits per heavy atom. The van der Waals surface area contributed by atoms with Crippen molar-refractivity contribution in [1.29, 1.82) is 0 Å². The Bertz CT molecular complexity index is 767. The minimum atomic E-state index is -0.286. The highest BCUT2D eigenvalue weighted by molar-refractivity contribution is 5.95. The minimum Gasteiger partial charge on any atom is -0.482 e. The zero-order valence-electron chi connectivity index (χ0n) is 12.9. The smallest absolute Gasteiger partial charge is 0.253 e. The second kappa shape index (κ2) is 6.25. The SMILES string of the molecule is Cc1cc(=O)[nH]cc1C(=O)N[C@H]1COC[C@H]1Oc1cnn(C)c1. The second-order valence-electron chi connectivity index (χ2n) is 5.52. The van der Waals surface area contributed by atoms with E-state index in [0.717, 1.165) is 0 Å². The molecule has 23 heavy (non-hydrogen) atoms. The first-order chi connectivity index (χ1) is 11.0. The lowest BCUT2D eigenvalue weighted by atomic mass is 10.1. The monoisotopic (exact) mass is 318 g/mol. The van der Waals surface area contributed by atoms with Gasteiger partial charge in [0.2, 0.25) is 5.56 Å². The van der Waals surface area contributed by atoms with Crippen molar-refractivity contribution in [2.45, 2.75) is 19.1 Å². The Morgan fingerprint density at radius 3 is 3.04 bits per heavy atom. The Balaban J connectivity index is 1.68. The number of carbonyl (C=O) groups excluding carboxylic acids is 1. The number of aryl methyl sites for hydroxylation is 2. The van der Waals surface area contributed by atoms with Gasteiger partial charge in [-0.3, -0.25) is 14.3 Å². The van der Waals surface area contributed by atoms with Crippen LogP contribution >= 0.6 is 0 Å². The van der Waals surface area contributed by atoms with Crippen LogP contribution in [0.4, 0.5) is 0 Å². The molecule has 0 unspecified atom stereocenters. The number of rotatable bonds is 4. The molecule has 0 bridgehead atoms. The van der Waals surface area contributed by atoms with Crippen LogP contribution in [0.5, 0.6) is 5.75 Å². The average molecular weight is 318 g/mol. The van der Waals surface area contributed by atoms with E-state index in [9.17, 15) is 9.59 Å². The maximum atomic E-state index is 12.4. The first-order valence-electron chi connectivity index (χ1n) is 7.26. The number of hydrogen-bond acceptors (Lipinski definition) is 5. The highest BCUT2D eigenvalue weighted by Gasteiger charge is 2.32. The predicted octanol–water partition coefficient (Wildman–Crippen LogP) is -0.00698. The Labute approximate surface area is 132 Å². The van der Waals surface area contributed by atoms with Crippen LogP contribution in [0.1, 0.15) is 15.9 Å². The number of aromatic nitrogens is 3. The van der Waals surface area contributed by atoms with Crippen LogP contribution in [0, 0.1) is 6.92 Å². The summed E-state index contributed by atoms with van der Waals surface area (Å²) in [5.41, 5.74) is 0.813. The summed E-state index contributed by atoms with van der Waals surface area (Å²) in [6, 6.07) is 1.12. The molecule has 0 aromatic carbocycles. The molecule has 8 nitrogen and oxygen atoms in total. The minimum absolute atomic E-state index is 0.235. The van der Waals surface area contributed by atoms with Crippen LogP contribution in [0.2, 0.25) is 0 Å². The third-order valence-electron chi connectivity index (χ3n) is 3.69. The van der Waals surface area contributed by atoms with Crippen LogP contribution in [-0.4, -0.2) is 46.0 Å². The number of H-pyrrole nitrogens is 1. The maximum absolute atomic E-state index is 12.4. The lowest BCUT2D eigenvalue weighted by Gasteiger charge is -2.20. The molecule has 0 aliphatic carbocycles. The Morgan fingerprint density at radius 1 is 1.52 bits per heavy atom. The summed E-state index contributed by atoms with van der Waals surface area (Å²) < 4.78 is 12.9. The van der Waals surface area contributed by atoms with Crippen molar-refractivity contribution in [2.24, 2.45) is 7.05 Å². The quantitative estimate of drug-likeness (QED) is 0.826. The zero-order chi connectivity index (χ0) is 16.4. The molecule has 0 radical (unpaired) electrons. The van der Waals surface area contributed by atoms with Gasteiger partial charge in [0.25, 0.3) is 5.91 Å². The van der Waals surface area contributed by atoms with Crippen molar-refractivity contribution in [3.8, 4) is 5.75 Å². The molecule has 2 N–H and O–H groups in total. The first kappa shape index (κ1) is 15.3. The number of aromatic amines is 1. The molecule has 8 heteroatoms. The van der Waals surface area contributed by atoms with E-state index in [0.29, 0.717) is 30.1 Å². The number of nitrogens with one attached hydrogen (secondary N) is 2. The van der Waals surface area contributed by atoms with Gasteiger partial charge in [0.1, 0.15) is 6.10 Å². The third kappa shape index (κ3) is 3.42. The largest absolute Gasteiger partial charge is 0.482 e. The van der Waals surface area contributed by atoms with Gasteiger partial charge in [-0.1, -0.05) is 0 Å². The van der Waals surface area contributed by atoms with Gasteiger partial charge in [-0.15, -0.1) is 0 Å². The topological polar surface area (TPSA) is 98.2 Å². The molecule has 122 valence electrons. The fourth-order valence-electron chi connectivity index (χ4n) is 2.48. The number of pyridine rings is 1. The molecule has 1 fully saturated rings. The van der Waals surface area contributed by atoms with E-state index >= 15 is 0 Å². The third-order valence-corrected chi connectivity index (χ3v) is 3.69. The van der Waals surface area contributed by atoms with Crippen molar-refractivity contribution >= 4 is 5.91 Å². The van der Waals surface area contributed by atoms with Gasteiger partial charge in [0.05, 0.1) is 37.2 Å². The molecule has 1 aliphatic heterocycles. The molecular formula is C15H18N4O4. The summed E-state index contributed by atoms with van der Waals surface area (Å²) in [5, 5.41) is 6.94. The van der Waals surface area contributed by atoms with Crippen LogP contribution in [0.25, 0.3) is 0 Å². The molecule has 2 atom stereocenters. The van der Waals surface area contributed by atoms with Gasteiger partial charge < -0.3 is 19.8 Å². The van der Waals surface area contributed by atoms with Crippen molar-refractivity contribution in [1.82, 2.24) is 20.1 Å². The first-order valence-corrected chi connectivity index (χ1v) is 7.26. The number of amides is 1. The standard InChI is InChI=1S/C15H18N4O4/c1-9-3-14(20)16-5-11(9)15(21)18-12-7-22-8-13(12)23-10-4-17-19(2)6-10/h3-6,12-13H,7-8H2,1-2H3,(H,16,20)(H,18,21)/t12-,13+/m0/s1. The highest BCUT2D eigenvalue weighted by Crippen LogP contribution is 2.16. The van der Waals surface area contributed by atoms with Crippen LogP contribution < -0.4 is 15.6 Å². The van der Waals surface area contributed by atoms with Crippen molar-refractivity contribution in [3.63, 3.8) is 0 Å². The van der Waals surface area contributed by atoms with E-state index in [1.54, 1.807) is 31.0 Å². The number of carbonyl (C=O) groups is 1. The van der Waals surface area contributed by atoms with E-state index in [2.05, 4.69) is 15.4 Å². The lowest BCUT2D eigenvalue weighted by Crippen LogP contribution is -2.45. The van der Waals surface area contributed by atoms with Crippen molar-refractivity contribution < 1.29 is 14.3 Å². The van der Waals surface area contributed by atoms with Gasteiger partial charge in [-0.25, -0.2) is 0 Å². The number of nitrogens with zero attached hydrogens (tertiary/aromatic N) is 2. The number of hydrogen-bond donors (Lipinski definition) is 2. The van der Waals surface area contributed by atoms with Gasteiger partial charge >= 0.3 is 0 Å². The lowest BCUT2D eigenvalue weighted by molar-refractivity contribution is 0.0903. The normalized spacial score (nSPS) is 20.4. The Hall–Kier alpha value is -2.61. The molecule has 2 aromatic rings. The van der Waals surface area contributed by atoms with Crippen LogP contribution in [-0.2, 0) is 11.8 Å². The molecule has 3 rings (SSSR count). The van der Waals surface area contributed by atoms with Crippen LogP contribution in [0.15, 0.2) is 29.5 Å². The highest BCUT2D eigenvalue weighted by atomic mass is 16.5. The van der Waals surface area contributed by atoms with E-state index < -0.39 is 0 Å². The molecule has 0 saturated carbocycles.